The van der Waals surface area contributed by atoms with Crippen LogP contribution in [-0.2, 0) is 16.7 Å². The van der Waals surface area contributed by atoms with E-state index in [0.29, 0.717) is 17.9 Å². The number of aromatic nitrogens is 2. The molecule has 1 saturated carbocycles. The minimum Gasteiger partial charge on any atom is -0.384 e. The molecular weight excluding hydrogens is 376 g/mol. The molecule has 2 aromatic heterocycles. The minimum atomic E-state index is -0.191. The van der Waals surface area contributed by atoms with E-state index < -0.39 is 0 Å². The number of pyridine rings is 2. The van der Waals surface area contributed by atoms with Crippen molar-refractivity contribution in [2.24, 2.45) is 0 Å². The molecule has 1 aliphatic carbocycles. The van der Waals surface area contributed by atoms with Crippen molar-refractivity contribution >= 4 is 17.4 Å². The first kappa shape index (κ1) is 20.0. The molecule has 1 fully saturated rings. The van der Waals surface area contributed by atoms with Crippen molar-refractivity contribution in [2.75, 3.05) is 24.4 Å². The van der Waals surface area contributed by atoms with E-state index in [9.17, 15) is 4.79 Å². The van der Waals surface area contributed by atoms with Crippen LogP contribution >= 0.6 is 0 Å². The number of hydrogen-bond acceptors (Lipinski definition) is 5. The van der Waals surface area contributed by atoms with Crippen molar-refractivity contribution in [3.05, 3.63) is 83.8 Å². The van der Waals surface area contributed by atoms with E-state index in [1.165, 1.54) is 12.0 Å². The molecule has 30 heavy (non-hydrogen) atoms. The van der Waals surface area contributed by atoms with Gasteiger partial charge < -0.3 is 15.4 Å². The number of hydrogen-bond donors (Lipinski definition) is 2. The van der Waals surface area contributed by atoms with E-state index in [1.54, 1.807) is 37.8 Å². The second-order valence-corrected chi connectivity index (χ2v) is 7.71. The zero-order valence-electron chi connectivity index (χ0n) is 17.1. The van der Waals surface area contributed by atoms with Gasteiger partial charge in [-0.15, -0.1) is 0 Å². The Hall–Kier alpha value is -3.25. The minimum absolute atomic E-state index is 0.130. The summed E-state index contributed by atoms with van der Waals surface area (Å²) in [5, 5.41) is 6.22. The Kier molecular flexibility index (Phi) is 6.05. The Bertz CT molecular complexity index is 986. The maximum Gasteiger partial charge on any atom is 0.259 e. The average Bonchev–Trinajstić information content (AvgIpc) is 2.76. The van der Waals surface area contributed by atoms with Crippen LogP contribution < -0.4 is 10.6 Å². The lowest BCUT2D eigenvalue weighted by Gasteiger charge is -2.42. The third-order valence-electron chi connectivity index (χ3n) is 5.75. The fourth-order valence-corrected chi connectivity index (χ4v) is 3.92. The van der Waals surface area contributed by atoms with Crippen LogP contribution in [-0.4, -0.2) is 29.6 Å². The van der Waals surface area contributed by atoms with Gasteiger partial charge in [-0.2, -0.15) is 0 Å². The van der Waals surface area contributed by atoms with E-state index in [-0.39, 0.29) is 11.3 Å². The van der Waals surface area contributed by atoms with Crippen molar-refractivity contribution in [1.29, 1.82) is 0 Å². The van der Waals surface area contributed by atoms with E-state index in [0.717, 1.165) is 30.7 Å². The molecule has 0 spiro atoms. The number of carbonyl (C=O) groups excluding carboxylic acids is 1. The molecule has 4 rings (SSSR count). The second-order valence-electron chi connectivity index (χ2n) is 7.71. The molecular formula is C24H26N4O2. The predicted octanol–water partition coefficient (Wildman–Crippen LogP) is 4.41. The molecule has 0 radical (unpaired) electrons. The highest BCUT2D eigenvalue weighted by molar-refractivity contribution is 6.07. The molecule has 0 aliphatic heterocycles. The van der Waals surface area contributed by atoms with Crippen LogP contribution in [0.25, 0.3) is 0 Å². The first-order valence-corrected chi connectivity index (χ1v) is 10.2. The topological polar surface area (TPSA) is 76.1 Å². The van der Waals surface area contributed by atoms with Gasteiger partial charge in [0, 0.05) is 43.3 Å². The standard InChI is InChI=1S/C24H26N4O2/c1-30-17-24(11-3-12-24)19-5-7-20(8-6-19)28-23(29)21-4-2-13-26-22(21)27-16-18-9-14-25-15-10-18/h2,4-10,13-15H,3,11-12,16-17H2,1H3,(H,26,27)(H,28,29). The fraction of sp³-hybridized carbons (Fsp3) is 0.292. The zero-order valence-corrected chi connectivity index (χ0v) is 17.1. The molecule has 154 valence electrons. The number of nitrogens with zero attached hydrogens (tertiary/aromatic N) is 2. The number of carbonyl (C=O) groups is 1. The van der Waals surface area contributed by atoms with Crippen molar-refractivity contribution in [1.82, 2.24) is 9.97 Å². The number of anilines is 2. The number of rotatable bonds is 8. The summed E-state index contributed by atoms with van der Waals surface area (Å²) in [6.45, 7) is 1.30. The number of ether oxygens (including phenoxy) is 1. The third kappa shape index (κ3) is 4.33. The molecule has 6 nitrogen and oxygen atoms in total. The number of amides is 1. The molecule has 6 heteroatoms. The Labute approximate surface area is 176 Å². The number of benzene rings is 1. The molecule has 1 aromatic carbocycles. The van der Waals surface area contributed by atoms with Crippen molar-refractivity contribution in [3.8, 4) is 0 Å². The van der Waals surface area contributed by atoms with Crippen LogP contribution in [0.2, 0.25) is 0 Å². The van der Waals surface area contributed by atoms with E-state index in [1.807, 2.05) is 24.3 Å². The largest absolute Gasteiger partial charge is 0.384 e. The molecule has 0 bridgehead atoms. The molecule has 1 aliphatic rings. The van der Waals surface area contributed by atoms with Gasteiger partial charge in [0.1, 0.15) is 5.82 Å². The summed E-state index contributed by atoms with van der Waals surface area (Å²) in [6, 6.07) is 15.5. The van der Waals surface area contributed by atoms with Gasteiger partial charge in [0.25, 0.3) is 5.91 Å². The summed E-state index contributed by atoms with van der Waals surface area (Å²) in [6.07, 6.45) is 8.69. The summed E-state index contributed by atoms with van der Waals surface area (Å²) in [5.41, 5.74) is 3.74. The second kappa shape index (κ2) is 9.05. The highest BCUT2D eigenvalue weighted by Crippen LogP contribution is 2.44. The van der Waals surface area contributed by atoms with Crippen LogP contribution in [0.15, 0.2) is 67.1 Å². The van der Waals surface area contributed by atoms with Crippen LogP contribution in [0.4, 0.5) is 11.5 Å². The summed E-state index contributed by atoms with van der Waals surface area (Å²) < 4.78 is 5.44. The maximum atomic E-state index is 12.9. The Balaban J connectivity index is 1.44. The van der Waals surface area contributed by atoms with E-state index in [2.05, 4.69) is 32.7 Å². The smallest absolute Gasteiger partial charge is 0.259 e. The molecule has 2 heterocycles. The van der Waals surface area contributed by atoms with Gasteiger partial charge in [-0.1, -0.05) is 18.6 Å². The summed E-state index contributed by atoms with van der Waals surface area (Å²) in [4.78, 5) is 21.2. The summed E-state index contributed by atoms with van der Waals surface area (Å²) in [7, 11) is 1.75. The summed E-state index contributed by atoms with van der Waals surface area (Å²) in [5.74, 6) is 0.361. The van der Waals surface area contributed by atoms with Gasteiger partial charge in [-0.05, 0) is 60.4 Å². The van der Waals surface area contributed by atoms with Crippen molar-refractivity contribution in [3.63, 3.8) is 0 Å². The predicted molar refractivity (Wildman–Crippen MR) is 118 cm³/mol. The fourth-order valence-electron chi connectivity index (χ4n) is 3.92. The van der Waals surface area contributed by atoms with E-state index >= 15 is 0 Å². The van der Waals surface area contributed by atoms with Gasteiger partial charge >= 0.3 is 0 Å². The highest BCUT2D eigenvalue weighted by atomic mass is 16.5. The van der Waals surface area contributed by atoms with Crippen molar-refractivity contribution in [2.45, 2.75) is 31.2 Å². The SMILES string of the molecule is COCC1(c2ccc(NC(=O)c3cccnc3NCc3ccncc3)cc2)CCC1. The molecule has 0 saturated heterocycles. The van der Waals surface area contributed by atoms with Gasteiger partial charge in [0.15, 0.2) is 0 Å². The number of nitrogens with one attached hydrogen (secondary N) is 2. The molecule has 2 N–H and O–H groups in total. The van der Waals surface area contributed by atoms with Crippen LogP contribution in [0, 0.1) is 0 Å². The molecule has 0 atom stereocenters. The highest BCUT2D eigenvalue weighted by Gasteiger charge is 2.38. The van der Waals surface area contributed by atoms with Gasteiger partial charge in [0.05, 0.1) is 12.2 Å². The normalized spacial score (nSPS) is 14.6. The molecule has 3 aromatic rings. The van der Waals surface area contributed by atoms with Gasteiger partial charge in [-0.3, -0.25) is 9.78 Å². The Morgan fingerprint density at radius 1 is 1.07 bits per heavy atom. The molecule has 1 amide bonds. The Morgan fingerprint density at radius 2 is 1.83 bits per heavy atom. The lowest BCUT2D eigenvalue weighted by Crippen LogP contribution is -2.38. The average molecular weight is 402 g/mol. The third-order valence-corrected chi connectivity index (χ3v) is 5.75. The monoisotopic (exact) mass is 402 g/mol. The first-order chi connectivity index (χ1) is 14.7. The Morgan fingerprint density at radius 3 is 2.50 bits per heavy atom. The summed E-state index contributed by atoms with van der Waals surface area (Å²) >= 11 is 0. The molecule has 0 unspecified atom stereocenters. The van der Waals surface area contributed by atoms with Crippen LogP contribution in [0.5, 0.6) is 0 Å². The van der Waals surface area contributed by atoms with Gasteiger partial charge in [-0.25, -0.2) is 4.98 Å². The van der Waals surface area contributed by atoms with Gasteiger partial charge in [0.2, 0.25) is 0 Å². The quantitative estimate of drug-likeness (QED) is 0.584. The van der Waals surface area contributed by atoms with Crippen LogP contribution in [0.1, 0.15) is 40.7 Å². The lowest BCUT2D eigenvalue weighted by molar-refractivity contribution is 0.0792. The first-order valence-electron chi connectivity index (χ1n) is 10.2. The number of methoxy groups -OCH3 is 1. The lowest BCUT2D eigenvalue weighted by atomic mass is 9.65. The van der Waals surface area contributed by atoms with E-state index in [4.69, 9.17) is 4.74 Å². The van der Waals surface area contributed by atoms with Crippen molar-refractivity contribution < 1.29 is 9.53 Å². The maximum absolute atomic E-state index is 12.9. The zero-order chi connectivity index (χ0) is 20.8. The van der Waals surface area contributed by atoms with Crippen LogP contribution in [0.3, 0.4) is 0 Å².